The third-order valence-corrected chi connectivity index (χ3v) is 5.84. The van der Waals surface area contributed by atoms with Gasteiger partial charge in [0.2, 0.25) is 5.91 Å². The number of ether oxygens (including phenoxy) is 1. The molecule has 1 atom stereocenters. The fourth-order valence-corrected chi connectivity index (χ4v) is 4.23. The Labute approximate surface area is 177 Å². The van der Waals surface area contributed by atoms with E-state index in [1.54, 1.807) is 12.1 Å². The fraction of sp³-hybridized carbons (Fsp3) is 0.478. The predicted octanol–water partition coefficient (Wildman–Crippen LogP) is 2.33. The number of rotatable bonds is 5. The Morgan fingerprint density at radius 3 is 2.53 bits per heavy atom. The van der Waals surface area contributed by atoms with Crippen LogP contribution in [0.2, 0.25) is 0 Å². The number of hydrogen-bond donors (Lipinski definition) is 0. The molecule has 160 valence electrons. The molecule has 7 heteroatoms. The Kier molecular flexibility index (Phi) is 7.04. The molecule has 30 heavy (non-hydrogen) atoms. The minimum Gasteiger partial charge on any atom is -0.379 e. The second-order valence-corrected chi connectivity index (χ2v) is 7.88. The Morgan fingerprint density at radius 2 is 1.80 bits per heavy atom. The summed E-state index contributed by atoms with van der Waals surface area (Å²) in [5.74, 6) is -0.185. The average Bonchev–Trinajstić information content (AvgIpc) is 3.02. The number of carbonyl (C=O) groups is 1. The first kappa shape index (κ1) is 20.9. The highest BCUT2D eigenvalue weighted by Gasteiger charge is 2.33. The van der Waals surface area contributed by atoms with Crippen LogP contribution in [0.25, 0.3) is 0 Å². The van der Waals surface area contributed by atoms with Gasteiger partial charge in [0.15, 0.2) is 0 Å². The maximum absolute atomic E-state index is 13.6. The third kappa shape index (κ3) is 5.22. The molecule has 4 rings (SSSR count). The highest BCUT2D eigenvalue weighted by Crippen LogP contribution is 2.25. The summed E-state index contributed by atoms with van der Waals surface area (Å²) in [4.78, 5) is 24.5. The molecule has 0 bridgehead atoms. The van der Waals surface area contributed by atoms with Crippen molar-refractivity contribution in [2.45, 2.75) is 19.0 Å². The van der Waals surface area contributed by atoms with E-state index in [4.69, 9.17) is 4.74 Å². The topological polar surface area (TPSA) is 48.9 Å². The molecule has 0 radical (unpaired) electrons. The van der Waals surface area contributed by atoms with Crippen LogP contribution in [0.1, 0.15) is 23.7 Å². The summed E-state index contributed by atoms with van der Waals surface area (Å²) in [5.41, 5.74) is 1.90. The summed E-state index contributed by atoms with van der Waals surface area (Å²) in [5, 5.41) is 0. The summed E-state index contributed by atoms with van der Waals surface area (Å²) in [7, 11) is 0. The Balaban J connectivity index is 1.46. The Bertz CT molecular complexity index is 812. The van der Waals surface area contributed by atoms with Gasteiger partial charge in [-0.05, 0) is 36.2 Å². The number of benzene rings is 1. The largest absolute Gasteiger partial charge is 0.379 e. The van der Waals surface area contributed by atoms with E-state index in [-0.39, 0.29) is 11.7 Å². The lowest BCUT2D eigenvalue weighted by Crippen LogP contribution is -2.48. The van der Waals surface area contributed by atoms with Crippen LogP contribution in [0.15, 0.2) is 48.7 Å². The monoisotopic (exact) mass is 412 g/mol. The number of pyridine rings is 1. The van der Waals surface area contributed by atoms with Gasteiger partial charge >= 0.3 is 0 Å². The van der Waals surface area contributed by atoms with Crippen LogP contribution in [0.3, 0.4) is 0 Å². The lowest BCUT2D eigenvalue weighted by atomic mass is 10.0. The standard InChI is InChI=1S/C23H29FN4O2/c24-20-7-5-19(6-8-20)22(27-14-16-30-17-15-27)23(29)28-11-3-10-26(12-13-28)18-21-4-1-2-9-25-21/h1-2,4-9,22H,3,10-18H2/t22-/m0/s1. The molecule has 1 amide bonds. The van der Waals surface area contributed by atoms with E-state index >= 15 is 0 Å². The zero-order chi connectivity index (χ0) is 20.8. The quantitative estimate of drug-likeness (QED) is 0.755. The second-order valence-electron chi connectivity index (χ2n) is 7.88. The first-order valence-electron chi connectivity index (χ1n) is 10.7. The minimum atomic E-state index is -0.392. The minimum absolute atomic E-state index is 0.100. The summed E-state index contributed by atoms with van der Waals surface area (Å²) in [6.07, 6.45) is 2.75. The molecule has 0 saturated carbocycles. The van der Waals surface area contributed by atoms with E-state index in [0.717, 1.165) is 43.9 Å². The number of hydrogen-bond acceptors (Lipinski definition) is 5. The molecule has 2 aliphatic rings. The summed E-state index contributed by atoms with van der Waals surface area (Å²) < 4.78 is 19.0. The second kappa shape index (κ2) is 10.1. The predicted molar refractivity (Wildman–Crippen MR) is 112 cm³/mol. The molecule has 2 aliphatic heterocycles. The molecule has 0 unspecified atom stereocenters. The van der Waals surface area contributed by atoms with Crippen LogP contribution in [0.5, 0.6) is 0 Å². The van der Waals surface area contributed by atoms with Crippen LogP contribution in [0.4, 0.5) is 4.39 Å². The molecule has 0 spiro atoms. The molecule has 2 saturated heterocycles. The summed E-state index contributed by atoms with van der Waals surface area (Å²) >= 11 is 0. The van der Waals surface area contributed by atoms with Gasteiger partial charge in [-0.25, -0.2) is 4.39 Å². The highest BCUT2D eigenvalue weighted by molar-refractivity contribution is 5.83. The van der Waals surface area contributed by atoms with Crippen molar-refractivity contribution in [3.8, 4) is 0 Å². The fourth-order valence-electron chi connectivity index (χ4n) is 4.23. The van der Waals surface area contributed by atoms with Crippen molar-refractivity contribution < 1.29 is 13.9 Å². The maximum Gasteiger partial charge on any atom is 0.244 e. The normalized spacial score (nSPS) is 20.0. The van der Waals surface area contributed by atoms with Crippen molar-refractivity contribution in [2.24, 2.45) is 0 Å². The molecule has 2 fully saturated rings. The van der Waals surface area contributed by atoms with Crippen LogP contribution in [-0.2, 0) is 16.1 Å². The van der Waals surface area contributed by atoms with Crippen molar-refractivity contribution in [2.75, 3.05) is 52.5 Å². The van der Waals surface area contributed by atoms with E-state index in [9.17, 15) is 9.18 Å². The molecule has 6 nitrogen and oxygen atoms in total. The van der Waals surface area contributed by atoms with Gasteiger partial charge in [0.25, 0.3) is 0 Å². The van der Waals surface area contributed by atoms with Gasteiger partial charge in [0, 0.05) is 52.0 Å². The highest BCUT2D eigenvalue weighted by atomic mass is 19.1. The Morgan fingerprint density at radius 1 is 1.00 bits per heavy atom. The average molecular weight is 413 g/mol. The van der Waals surface area contributed by atoms with Crippen molar-refractivity contribution >= 4 is 5.91 Å². The zero-order valence-corrected chi connectivity index (χ0v) is 17.3. The molecule has 0 N–H and O–H groups in total. The van der Waals surface area contributed by atoms with Gasteiger partial charge in [0.1, 0.15) is 11.9 Å². The van der Waals surface area contributed by atoms with Crippen molar-refractivity contribution in [1.29, 1.82) is 0 Å². The molecule has 0 aliphatic carbocycles. The zero-order valence-electron chi connectivity index (χ0n) is 17.3. The SMILES string of the molecule is O=C([C@H](c1ccc(F)cc1)N1CCOCC1)N1CCCN(Cc2ccccn2)CC1. The van der Waals surface area contributed by atoms with Crippen molar-refractivity contribution in [1.82, 2.24) is 19.7 Å². The van der Waals surface area contributed by atoms with Gasteiger partial charge < -0.3 is 9.64 Å². The third-order valence-electron chi connectivity index (χ3n) is 5.84. The number of morpholine rings is 1. The van der Waals surface area contributed by atoms with Gasteiger partial charge in [-0.1, -0.05) is 18.2 Å². The first-order valence-corrected chi connectivity index (χ1v) is 10.7. The van der Waals surface area contributed by atoms with Crippen LogP contribution in [-0.4, -0.2) is 78.1 Å². The number of aromatic nitrogens is 1. The van der Waals surface area contributed by atoms with E-state index in [1.165, 1.54) is 12.1 Å². The van der Waals surface area contributed by atoms with Crippen molar-refractivity contribution in [3.63, 3.8) is 0 Å². The van der Waals surface area contributed by atoms with E-state index in [2.05, 4.69) is 14.8 Å². The first-order chi connectivity index (χ1) is 14.7. The van der Waals surface area contributed by atoms with E-state index < -0.39 is 6.04 Å². The molecular formula is C23H29FN4O2. The van der Waals surface area contributed by atoms with Gasteiger partial charge in [-0.15, -0.1) is 0 Å². The maximum atomic E-state index is 13.6. The lowest BCUT2D eigenvalue weighted by molar-refractivity contribution is -0.139. The molecule has 3 heterocycles. The summed E-state index contributed by atoms with van der Waals surface area (Å²) in [6.45, 7) is 6.62. The van der Waals surface area contributed by atoms with E-state index in [1.807, 2.05) is 29.3 Å². The number of nitrogens with zero attached hydrogens (tertiary/aromatic N) is 4. The van der Waals surface area contributed by atoms with E-state index in [0.29, 0.717) is 32.8 Å². The smallest absolute Gasteiger partial charge is 0.244 e. The van der Waals surface area contributed by atoms with Gasteiger partial charge in [-0.3, -0.25) is 19.6 Å². The number of carbonyl (C=O) groups excluding carboxylic acids is 1. The van der Waals surface area contributed by atoms with Crippen LogP contribution in [0, 0.1) is 5.82 Å². The number of amides is 1. The Hall–Kier alpha value is -2.35. The van der Waals surface area contributed by atoms with Gasteiger partial charge in [0.05, 0.1) is 18.9 Å². The van der Waals surface area contributed by atoms with Crippen molar-refractivity contribution in [3.05, 3.63) is 65.7 Å². The van der Waals surface area contributed by atoms with Gasteiger partial charge in [-0.2, -0.15) is 0 Å². The molecule has 1 aromatic heterocycles. The molecule has 2 aromatic rings. The molecular weight excluding hydrogens is 383 g/mol. The lowest BCUT2D eigenvalue weighted by Gasteiger charge is -2.36. The summed E-state index contributed by atoms with van der Waals surface area (Å²) in [6, 6.07) is 11.9. The van der Waals surface area contributed by atoms with Crippen LogP contribution >= 0.6 is 0 Å². The number of halogens is 1. The van der Waals surface area contributed by atoms with Crippen LogP contribution < -0.4 is 0 Å². The molecule has 1 aromatic carbocycles.